The van der Waals surface area contributed by atoms with E-state index >= 15 is 0 Å². The minimum Gasteiger partial charge on any atom is -0.273 e. The molecule has 4 rings (SSSR count). The average Bonchev–Trinajstić information content (AvgIpc) is 2.96. The Kier molecular flexibility index (Phi) is 2.98. The lowest BCUT2D eigenvalue weighted by atomic mass is 9.94. The molecule has 110 valence electrons. The van der Waals surface area contributed by atoms with Gasteiger partial charge in [0.05, 0.1) is 19.2 Å². The smallest absolute Gasteiger partial charge is 0.273 e. The number of rotatable bonds is 2. The van der Waals surface area contributed by atoms with Gasteiger partial charge in [0.15, 0.2) is 0 Å². The Morgan fingerprint density at radius 1 is 1.05 bits per heavy atom. The zero-order valence-corrected chi connectivity index (χ0v) is 12.3. The van der Waals surface area contributed by atoms with Crippen molar-refractivity contribution in [3.05, 3.63) is 71.9 Å². The van der Waals surface area contributed by atoms with Gasteiger partial charge in [-0.15, -0.1) is 0 Å². The molecule has 0 fully saturated rings. The Hall–Kier alpha value is -2.59. The second-order valence-electron chi connectivity index (χ2n) is 5.45. The number of carbonyl (C=O) groups excluding carboxylic acids is 1. The highest BCUT2D eigenvalue weighted by Crippen LogP contribution is 2.34. The quantitative estimate of drug-likeness (QED) is 0.723. The number of amides is 1. The van der Waals surface area contributed by atoms with Crippen LogP contribution in [0, 0.1) is 0 Å². The summed E-state index contributed by atoms with van der Waals surface area (Å²) in [6.07, 6.45) is 0. The van der Waals surface area contributed by atoms with Crippen molar-refractivity contribution in [2.75, 3.05) is 13.7 Å². The molecule has 2 aromatic carbocycles. The largest absolute Gasteiger partial charge is 0.352 e. The van der Waals surface area contributed by atoms with Crippen molar-refractivity contribution in [1.29, 1.82) is 0 Å². The number of carbonyl (C=O) groups is 1. The van der Waals surface area contributed by atoms with E-state index in [1.165, 1.54) is 17.7 Å². The summed E-state index contributed by atoms with van der Waals surface area (Å²) in [5, 5.41) is 2.50. The monoisotopic (exact) mass is 292 g/mol. The second kappa shape index (κ2) is 5.00. The van der Waals surface area contributed by atoms with E-state index in [0.717, 1.165) is 16.6 Å². The summed E-state index contributed by atoms with van der Waals surface area (Å²) in [7, 11) is 1.54. The number of nitrogens with zero attached hydrogens (tertiary/aromatic N) is 2. The molecule has 0 saturated carbocycles. The lowest BCUT2D eigenvalue weighted by Crippen LogP contribution is -2.42. The maximum Gasteiger partial charge on any atom is 0.352 e. The predicted octanol–water partition coefficient (Wildman–Crippen LogP) is 3.62. The van der Waals surface area contributed by atoms with Crippen LogP contribution in [0.2, 0.25) is 0 Å². The fourth-order valence-corrected chi connectivity index (χ4v) is 3.21. The molecule has 1 atom stereocenters. The van der Waals surface area contributed by atoms with Gasteiger partial charge in [-0.2, -0.15) is 0 Å². The summed E-state index contributed by atoms with van der Waals surface area (Å²) < 4.78 is 1.76. The van der Waals surface area contributed by atoms with Crippen LogP contribution in [0.5, 0.6) is 0 Å². The summed E-state index contributed by atoms with van der Waals surface area (Å²) in [5.74, 6) is 0.103. The van der Waals surface area contributed by atoms with Gasteiger partial charge in [0.2, 0.25) is 0 Å². The maximum absolute atomic E-state index is 12.7. The summed E-state index contributed by atoms with van der Waals surface area (Å²) in [6, 6.07) is 20.2. The first-order valence-electron chi connectivity index (χ1n) is 7.31. The van der Waals surface area contributed by atoms with E-state index in [0.29, 0.717) is 6.54 Å². The maximum atomic E-state index is 12.7. The van der Waals surface area contributed by atoms with Crippen LogP contribution in [-0.2, 0) is 4.84 Å². The zero-order chi connectivity index (χ0) is 15.1. The first kappa shape index (κ1) is 13.1. The molecule has 0 bridgehead atoms. The molecule has 4 heteroatoms. The van der Waals surface area contributed by atoms with Crippen LogP contribution >= 0.6 is 0 Å². The Morgan fingerprint density at radius 3 is 2.55 bits per heavy atom. The number of para-hydroxylation sites is 1. The summed E-state index contributed by atoms with van der Waals surface area (Å²) >= 11 is 0. The van der Waals surface area contributed by atoms with Gasteiger partial charge < -0.3 is 0 Å². The molecule has 0 aliphatic carbocycles. The van der Waals surface area contributed by atoms with Crippen LogP contribution in [0.4, 0.5) is 4.79 Å². The molecule has 0 spiro atoms. The topological polar surface area (TPSA) is 34.5 Å². The summed E-state index contributed by atoms with van der Waals surface area (Å²) in [5.41, 5.74) is 3.12. The first-order valence-corrected chi connectivity index (χ1v) is 7.31. The van der Waals surface area contributed by atoms with Crippen LogP contribution < -0.4 is 0 Å². The Bertz CT molecular complexity index is 839. The number of aromatic nitrogens is 1. The van der Waals surface area contributed by atoms with E-state index in [4.69, 9.17) is 4.84 Å². The van der Waals surface area contributed by atoms with Gasteiger partial charge in [-0.25, -0.2) is 9.86 Å². The van der Waals surface area contributed by atoms with Crippen LogP contribution in [0.15, 0.2) is 60.7 Å². The molecule has 1 amide bonds. The Balaban J connectivity index is 1.96. The number of benzene rings is 2. The molecule has 3 aromatic rings. The Morgan fingerprint density at radius 2 is 1.77 bits per heavy atom. The third kappa shape index (κ3) is 1.84. The van der Waals surface area contributed by atoms with Crippen LogP contribution in [0.1, 0.15) is 17.2 Å². The van der Waals surface area contributed by atoms with E-state index in [-0.39, 0.29) is 11.9 Å². The van der Waals surface area contributed by atoms with E-state index in [2.05, 4.69) is 18.2 Å². The molecule has 1 unspecified atom stereocenters. The van der Waals surface area contributed by atoms with E-state index in [1.807, 2.05) is 42.5 Å². The van der Waals surface area contributed by atoms with Crippen LogP contribution in [-0.4, -0.2) is 29.3 Å². The molecule has 22 heavy (non-hydrogen) atoms. The van der Waals surface area contributed by atoms with E-state index in [9.17, 15) is 4.79 Å². The van der Waals surface area contributed by atoms with Crippen molar-refractivity contribution in [2.45, 2.75) is 5.92 Å². The van der Waals surface area contributed by atoms with E-state index < -0.39 is 0 Å². The van der Waals surface area contributed by atoms with Gasteiger partial charge >= 0.3 is 6.03 Å². The standard InChI is InChI=1S/C18H16N2O2/c1-22-19-12-15(13-7-3-2-4-8-13)17-11-14-9-5-6-10-16(14)20(17)18(19)21/h2-11,15H,12H2,1H3. The fourth-order valence-electron chi connectivity index (χ4n) is 3.21. The number of fused-ring (bicyclic) bond motifs is 3. The number of hydrogen-bond donors (Lipinski definition) is 0. The van der Waals surface area contributed by atoms with Gasteiger partial charge in [-0.05, 0) is 17.7 Å². The number of hydroxylamine groups is 2. The number of hydrogen-bond acceptors (Lipinski definition) is 2. The normalized spacial score (nSPS) is 17.8. The average molecular weight is 292 g/mol. The van der Waals surface area contributed by atoms with Crippen LogP contribution in [0.3, 0.4) is 0 Å². The van der Waals surface area contributed by atoms with E-state index in [1.54, 1.807) is 4.57 Å². The molecule has 4 nitrogen and oxygen atoms in total. The molecule has 0 saturated heterocycles. The van der Waals surface area contributed by atoms with Gasteiger partial charge in [0.1, 0.15) is 0 Å². The van der Waals surface area contributed by atoms with Crippen molar-refractivity contribution in [2.24, 2.45) is 0 Å². The highest BCUT2D eigenvalue weighted by Gasteiger charge is 2.33. The van der Waals surface area contributed by atoms with Crippen molar-refractivity contribution < 1.29 is 9.63 Å². The third-order valence-electron chi connectivity index (χ3n) is 4.27. The lowest BCUT2D eigenvalue weighted by molar-refractivity contribution is -0.0921. The van der Waals surface area contributed by atoms with Crippen molar-refractivity contribution in [3.8, 4) is 0 Å². The van der Waals surface area contributed by atoms with Crippen molar-refractivity contribution >= 4 is 16.9 Å². The van der Waals surface area contributed by atoms with Gasteiger partial charge in [-0.1, -0.05) is 48.5 Å². The van der Waals surface area contributed by atoms with Crippen LogP contribution in [0.25, 0.3) is 10.9 Å². The molecule has 1 aliphatic rings. The fraction of sp³-hybridized carbons (Fsp3) is 0.167. The summed E-state index contributed by atoms with van der Waals surface area (Å²) in [6.45, 7) is 0.523. The molecule has 0 N–H and O–H groups in total. The third-order valence-corrected chi connectivity index (χ3v) is 4.27. The van der Waals surface area contributed by atoms with Gasteiger partial charge in [-0.3, -0.25) is 9.40 Å². The summed E-state index contributed by atoms with van der Waals surface area (Å²) in [4.78, 5) is 18.0. The highest BCUT2D eigenvalue weighted by atomic mass is 16.7. The van der Waals surface area contributed by atoms with Gasteiger partial charge in [0, 0.05) is 17.0 Å². The molecular formula is C18H16N2O2. The molecule has 0 radical (unpaired) electrons. The highest BCUT2D eigenvalue weighted by molar-refractivity contribution is 5.93. The minimum absolute atomic E-state index is 0.103. The molecular weight excluding hydrogens is 276 g/mol. The first-order chi connectivity index (χ1) is 10.8. The van der Waals surface area contributed by atoms with Crippen molar-refractivity contribution in [3.63, 3.8) is 0 Å². The predicted molar refractivity (Wildman–Crippen MR) is 84.7 cm³/mol. The molecule has 2 heterocycles. The lowest BCUT2D eigenvalue weighted by Gasteiger charge is -2.32. The minimum atomic E-state index is -0.133. The van der Waals surface area contributed by atoms with Crippen molar-refractivity contribution in [1.82, 2.24) is 9.63 Å². The molecule has 1 aromatic heterocycles. The molecule has 1 aliphatic heterocycles. The SMILES string of the molecule is CON1CC(c2ccccc2)c2cc3ccccc3n2C1=O. The second-order valence-corrected chi connectivity index (χ2v) is 5.45. The zero-order valence-electron chi connectivity index (χ0n) is 12.3. The Labute approximate surface area is 128 Å². The van der Waals surface area contributed by atoms with Gasteiger partial charge in [0.25, 0.3) is 0 Å².